The molecule has 0 amide bonds. The van der Waals surface area contributed by atoms with Gasteiger partial charge in [0.1, 0.15) is 0 Å². The molecule has 1 heterocycles. The zero-order chi connectivity index (χ0) is 16.9. The second kappa shape index (κ2) is 8.74. The van der Waals surface area contributed by atoms with E-state index < -0.39 is 10.0 Å². The Bertz CT molecular complexity index is 714. The largest absolute Gasteiger partial charge is 0.369 e. The Hall–Kier alpha value is -2.00. The lowest BCUT2D eigenvalue weighted by Crippen LogP contribution is -2.41. The van der Waals surface area contributed by atoms with E-state index in [1.54, 1.807) is 24.3 Å². The molecular weight excluding hydrogens is 352 g/mol. The summed E-state index contributed by atoms with van der Waals surface area (Å²) < 4.78 is 24.9. The molecule has 0 spiro atoms. The van der Waals surface area contributed by atoms with E-state index >= 15 is 0 Å². The minimum absolute atomic E-state index is 0. The molecule has 1 aromatic carbocycles. The highest BCUT2D eigenvalue weighted by Gasteiger charge is 2.12. The maximum atomic E-state index is 11.2. The van der Waals surface area contributed by atoms with Crippen LogP contribution < -0.4 is 16.2 Å². The van der Waals surface area contributed by atoms with Gasteiger partial charge in [-0.1, -0.05) is 6.07 Å². The molecule has 134 valence electrons. The standard InChI is InChI=1S/C14H22N6O2S.ClH/c1-23(21,22)19-12-7-5-6-11(10-12)17-13(15)18-14(16)20-8-3-2-4-9-20;/h5-7,10,19H,2-4,8-9H2,1H3,(H4,15,16,17,18);1H. The van der Waals surface area contributed by atoms with Gasteiger partial charge in [0.15, 0.2) is 5.96 Å². The van der Waals surface area contributed by atoms with Gasteiger partial charge in [-0.25, -0.2) is 13.4 Å². The van der Waals surface area contributed by atoms with E-state index in [1.165, 1.54) is 6.42 Å². The van der Waals surface area contributed by atoms with Crippen LogP contribution >= 0.6 is 12.4 Å². The number of piperidine rings is 1. The molecule has 0 saturated carbocycles. The number of nitrogens with zero attached hydrogens (tertiary/aromatic N) is 3. The molecule has 1 aliphatic rings. The smallest absolute Gasteiger partial charge is 0.229 e. The van der Waals surface area contributed by atoms with E-state index in [4.69, 9.17) is 11.5 Å². The van der Waals surface area contributed by atoms with Gasteiger partial charge in [0.25, 0.3) is 0 Å². The van der Waals surface area contributed by atoms with Crippen molar-refractivity contribution in [2.75, 3.05) is 24.1 Å². The number of guanidine groups is 2. The minimum Gasteiger partial charge on any atom is -0.369 e. The average Bonchev–Trinajstić information content (AvgIpc) is 2.46. The number of hydrogen-bond acceptors (Lipinski definition) is 3. The molecule has 0 aromatic heterocycles. The monoisotopic (exact) mass is 374 g/mol. The topological polar surface area (TPSA) is 126 Å². The quantitative estimate of drug-likeness (QED) is 0.541. The molecule has 0 radical (unpaired) electrons. The van der Waals surface area contributed by atoms with Crippen molar-refractivity contribution < 1.29 is 8.42 Å². The summed E-state index contributed by atoms with van der Waals surface area (Å²) in [6, 6.07) is 6.58. The van der Waals surface area contributed by atoms with Crippen LogP contribution in [0.2, 0.25) is 0 Å². The first-order valence-electron chi connectivity index (χ1n) is 7.34. The zero-order valence-corrected chi connectivity index (χ0v) is 15.1. The fourth-order valence-corrected chi connectivity index (χ4v) is 2.88. The summed E-state index contributed by atoms with van der Waals surface area (Å²) >= 11 is 0. The number of sulfonamides is 1. The van der Waals surface area contributed by atoms with Gasteiger partial charge >= 0.3 is 0 Å². The van der Waals surface area contributed by atoms with E-state index in [9.17, 15) is 8.42 Å². The molecule has 1 aliphatic heterocycles. The van der Waals surface area contributed by atoms with Crippen LogP contribution in [0.1, 0.15) is 19.3 Å². The van der Waals surface area contributed by atoms with Crippen LogP contribution in [0.4, 0.5) is 11.4 Å². The third-order valence-corrected chi connectivity index (χ3v) is 3.91. The van der Waals surface area contributed by atoms with Crippen molar-refractivity contribution in [1.82, 2.24) is 4.90 Å². The number of anilines is 1. The fraction of sp³-hybridized carbons (Fsp3) is 0.429. The number of rotatable bonds is 3. The Balaban J connectivity index is 0.00000288. The van der Waals surface area contributed by atoms with Gasteiger partial charge in [-0.3, -0.25) is 4.72 Å². The Morgan fingerprint density at radius 3 is 2.50 bits per heavy atom. The highest BCUT2D eigenvalue weighted by atomic mass is 35.5. The molecule has 5 N–H and O–H groups in total. The van der Waals surface area contributed by atoms with Crippen LogP contribution in [-0.4, -0.2) is 44.6 Å². The zero-order valence-electron chi connectivity index (χ0n) is 13.5. The Morgan fingerprint density at radius 2 is 1.88 bits per heavy atom. The summed E-state index contributed by atoms with van der Waals surface area (Å²) in [6.45, 7) is 1.74. The number of nitrogens with one attached hydrogen (secondary N) is 1. The molecule has 0 aliphatic carbocycles. The average molecular weight is 375 g/mol. The van der Waals surface area contributed by atoms with Crippen LogP contribution in [0.3, 0.4) is 0 Å². The van der Waals surface area contributed by atoms with E-state index in [2.05, 4.69) is 14.7 Å². The van der Waals surface area contributed by atoms with Crippen LogP contribution in [0.25, 0.3) is 0 Å². The predicted octanol–water partition coefficient (Wildman–Crippen LogP) is 1.23. The second-order valence-electron chi connectivity index (χ2n) is 5.41. The summed E-state index contributed by atoms with van der Waals surface area (Å²) in [6.07, 6.45) is 4.47. The number of halogens is 1. The van der Waals surface area contributed by atoms with Gasteiger partial charge in [0.05, 0.1) is 17.6 Å². The van der Waals surface area contributed by atoms with Crippen LogP contribution in [0.5, 0.6) is 0 Å². The first-order chi connectivity index (χ1) is 10.8. The highest BCUT2D eigenvalue weighted by Crippen LogP contribution is 2.18. The van der Waals surface area contributed by atoms with Crippen molar-refractivity contribution in [2.24, 2.45) is 21.5 Å². The lowest BCUT2D eigenvalue weighted by molar-refractivity contribution is 0.339. The molecule has 0 unspecified atom stereocenters. The summed E-state index contributed by atoms with van der Waals surface area (Å²) in [7, 11) is -3.34. The molecule has 10 heteroatoms. The molecule has 0 bridgehead atoms. The molecule has 1 fully saturated rings. The van der Waals surface area contributed by atoms with Gasteiger partial charge in [-0.15, -0.1) is 12.4 Å². The van der Waals surface area contributed by atoms with Crippen molar-refractivity contribution in [3.63, 3.8) is 0 Å². The molecule has 2 rings (SSSR count). The van der Waals surface area contributed by atoms with Gasteiger partial charge in [0, 0.05) is 13.1 Å². The first kappa shape index (κ1) is 20.0. The third kappa shape index (κ3) is 6.63. The van der Waals surface area contributed by atoms with Gasteiger partial charge in [-0.05, 0) is 37.5 Å². The maximum Gasteiger partial charge on any atom is 0.229 e. The molecular formula is C14H23ClN6O2S. The van der Waals surface area contributed by atoms with Crippen LogP contribution in [0, 0.1) is 0 Å². The van der Waals surface area contributed by atoms with Gasteiger partial charge < -0.3 is 16.4 Å². The lowest BCUT2D eigenvalue weighted by Gasteiger charge is -2.27. The van der Waals surface area contributed by atoms with Crippen molar-refractivity contribution in [3.8, 4) is 0 Å². The van der Waals surface area contributed by atoms with E-state index in [0.29, 0.717) is 17.3 Å². The predicted molar refractivity (Wildman–Crippen MR) is 100 cm³/mol. The number of nitrogens with two attached hydrogens (primary N) is 2. The lowest BCUT2D eigenvalue weighted by atomic mass is 10.1. The van der Waals surface area contributed by atoms with Crippen molar-refractivity contribution in [2.45, 2.75) is 19.3 Å². The number of benzene rings is 1. The second-order valence-corrected chi connectivity index (χ2v) is 7.16. The number of aliphatic imine (C=N–C) groups is 2. The number of likely N-dealkylation sites (tertiary alicyclic amines) is 1. The fourth-order valence-electron chi connectivity index (χ4n) is 2.32. The van der Waals surface area contributed by atoms with E-state index in [-0.39, 0.29) is 18.4 Å². The summed E-state index contributed by atoms with van der Waals surface area (Å²) in [5.41, 5.74) is 12.7. The van der Waals surface area contributed by atoms with Gasteiger partial charge in [0.2, 0.25) is 16.0 Å². The van der Waals surface area contributed by atoms with Crippen molar-refractivity contribution in [3.05, 3.63) is 24.3 Å². The normalized spacial score (nSPS) is 16.5. The summed E-state index contributed by atoms with van der Waals surface area (Å²) in [5, 5.41) is 0. The van der Waals surface area contributed by atoms with Crippen molar-refractivity contribution >= 4 is 45.7 Å². The van der Waals surface area contributed by atoms with E-state index in [1.807, 2.05) is 4.90 Å². The van der Waals surface area contributed by atoms with Gasteiger partial charge in [-0.2, -0.15) is 4.99 Å². The van der Waals surface area contributed by atoms with E-state index in [0.717, 1.165) is 32.2 Å². The molecule has 24 heavy (non-hydrogen) atoms. The maximum absolute atomic E-state index is 11.2. The van der Waals surface area contributed by atoms with Crippen molar-refractivity contribution in [1.29, 1.82) is 0 Å². The van der Waals surface area contributed by atoms with Crippen LogP contribution in [0.15, 0.2) is 34.3 Å². The Kier molecular flexibility index (Phi) is 7.30. The molecule has 1 aromatic rings. The highest BCUT2D eigenvalue weighted by molar-refractivity contribution is 7.92. The summed E-state index contributed by atoms with van der Waals surface area (Å²) in [4.78, 5) is 10.2. The Morgan fingerprint density at radius 1 is 1.21 bits per heavy atom. The molecule has 8 nitrogen and oxygen atoms in total. The SMILES string of the molecule is CS(=O)(=O)Nc1cccc(N=C(N)N=C(N)N2CCCCC2)c1.Cl. The molecule has 1 saturated heterocycles. The molecule has 0 atom stereocenters. The number of hydrogen-bond donors (Lipinski definition) is 3. The van der Waals surface area contributed by atoms with Crippen LogP contribution in [-0.2, 0) is 10.0 Å². The summed E-state index contributed by atoms with van der Waals surface area (Å²) in [5.74, 6) is 0.390. The Labute approximate surface area is 148 Å². The minimum atomic E-state index is -3.34. The first-order valence-corrected chi connectivity index (χ1v) is 9.24. The third-order valence-electron chi connectivity index (χ3n) is 3.30.